The largest absolute Gasteiger partial charge is 0.397 e. The van der Waals surface area contributed by atoms with Gasteiger partial charge in [-0.3, -0.25) is 0 Å². The zero-order valence-electron chi connectivity index (χ0n) is 9.41. The lowest BCUT2D eigenvalue weighted by Crippen LogP contribution is -1.95. The van der Waals surface area contributed by atoms with E-state index in [0.717, 1.165) is 11.4 Å². The first-order valence-corrected chi connectivity index (χ1v) is 6.75. The fourth-order valence-electron chi connectivity index (χ4n) is 1.48. The number of rotatable bonds is 3. The number of hydrogen-bond donors (Lipinski definition) is 2. The monoisotopic (exact) mass is 264 g/mol. The van der Waals surface area contributed by atoms with Gasteiger partial charge in [0.2, 0.25) is 0 Å². The van der Waals surface area contributed by atoms with Crippen molar-refractivity contribution in [2.75, 3.05) is 17.3 Å². The minimum Gasteiger partial charge on any atom is -0.397 e. The van der Waals surface area contributed by atoms with Crippen LogP contribution in [0.25, 0.3) is 0 Å². The fraction of sp³-hybridized carbons (Fsp3) is 0.0769. The molecule has 0 aliphatic carbocycles. The van der Waals surface area contributed by atoms with Gasteiger partial charge in [0.25, 0.3) is 0 Å². The van der Waals surface area contributed by atoms with Crippen molar-refractivity contribution in [3.05, 3.63) is 47.5 Å². The van der Waals surface area contributed by atoms with Gasteiger partial charge in [-0.1, -0.05) is 11.6 Å². The Labute approximate surface area is 110 Å². The van der Waals surface area contributed by atoms with E-state index < -0.39 is 0 Å². The molecule has 0 bridgehead atoms. The van der Waals surface area contributed by atoms with Gasteiger partial charge in [0, 0.05) is 15.6 Å². The Bertz CT molecular complexity index is 511. The third-order valence-corrected chi connectivity index (χ3v) is 3.36. The highest BCUT2D eigenvalue weighted by atomic mass is 35.5. The topological polar surface area (TPSA) is 38.0 Å². The van der Waals surface area contributed by atoms with E-state index in [1.165, 1.54) is 4.90 Å². The molecule has 0 amide bonds. The maximum absolute atomic E-state index is 5.87. The van der Waals surface area contributed by atoms with E-state index in [9.17, 15) is 0 Å². The molecule has 3 N–H and O–H groups in total. The van der Waals surface area contributed by atoms with Crippen molar-refractivity contribution in [2.24, 2.45) is 0 Å². The molecule has 0 aliphatic heterocycles. The highest BCUT2D eigenvalue weighted by molar-refractivity contribution is 7.98. The summed E-state index contributed by atoms with van der Waals surface area (Å²) in [4.78, 5) is 1.24. The minimum atomic E-state index is 0.644. The van der Waals surface area contributed by atoms with Crippen LogP contribution in [0.2, 0.25) is 5.02 Å². The second-order valence-electron chi connectivity index (χ2n) is 3.59. The van der Waals surface area contributed by atoms with E-state index >= 15 is 0 Å². The summed E-state index contributed by atoms with van der Waals surface area (Å²) < 4.78 is 0. The van der Waals surface area contributed by atoms with E-state index in [1.54, 1.807) is 17.8 Å². The van der Waals surface area contributed by atoms with Gasteiger partial charge in [-0.25, -0.2) is 0 Å². The van der Waals surface area contributed by atoms with Gasteiger partial charge in [0.1, 0.15) is 0 Å². The summed E-state index contributed by atoms with van der Waals surface area (Å²) in [5, 5.41) is 3.90. The first-order valence-electron chi connectivity index (χ1n) is 5.15. The molecule has 0 radical (unpaired) electrons. The molecule has 0 aliphatic rings. The standard InChI is InChI=1S/C13H13ClN2S/c1-17-11-5-3-10(4-6-11)16-13-7-2-9(14)8-12(13)15/h2-8,16H,15H2,1H3. The van der Waals surface area contributed by atoms with Crippen molar-refractivity contribution in [3.63, 3.8) is 0 Å². The number of hydrogen-bond acceptors (Lipinski definition) is 3. The van der Waals surface area contributed by atoms with Crippen molar-refractivity contribution in [1.29, 1.82) is 0 Å². The third-order valence-electron chi connectivity index (χ3n) is 2.38. The Hall–Kier alpha value is -1.32. The van der Waals surface area contributed by atoms with Crippen LogP contribution in [0.4, 0.5) is 17.1 Å². The summed E-state index contributed by atoms with van der Waals surface area (Å²) in [6.45, 7) is 0. The first-order chi connectivity index (χ1) is 8.19. The van der Waals surface area contributed by atoms with Crippen LogP contribution in [0.5, 0.6) is 0 Å². The van der Waals surface area contributed by atoms with E-state index in [0.29, 0.717) is 10.7 Å². The number of nitrogens with one attached hydrogen (secondary N) is 1. The van der Waals surface area contributed by atoms with Gasteiger partial charge in [-0.05, 0) is 48.7 Å². The van der Waals surface area contributed by atoms with Gasteiger partial charge < -0.3 is 11.1 Å². The highest BCUT2D eigenvalue weighted by Gasteiger charge is 2.00. The Morgan fingerprint density at radius 1 is 1.12 bits per heavy atom. The molecule has 17 heavy (non-hydrogen) atoms. The molecule has 2 nitrogen and oxygen atoms in total. The van der Waals surface area contributed by atoms with Crippen LogP contribution < -0.4 is 11.1 Å². The van der Waals surface area contributed by atoms with E-state index in [4.69, 9.17) is 17.3 Å². The fourth-order valence-corrected chi connectivity index (χ4v) is 2.07. The second-order valence-corrected chi connectivity index (χ2v) is 4.90. The van der Waals surface area contributed by atoms with Crippen LogP contribution >= 0.6 is 23.4 Å². The highest BCUT2D eigenvalue weighted by Crippen LogP contribution is 2.27. The lowest BCUT2D eigenvalue weighted by molar-refractivity contribution is 1.44. The molecule has 0 atom stereocenters. The Morgan fingerprint density at radius 2 is 1.82 bits per heavy atom. The SMILES string of the molecule is CSc1ccc(Nc2ccc(Cl)cc2N)cc1. The van der Waals surface area contributed by atoms with E-state index in [1.807, 2.05) is 24.3 Å². The summed E-state index contributed by atoms with van der Waals surface area (Å²) in [7, 11) is 0. The van der Waals surface area contributed by atoms with Crippen molar-refractivity contribution < 1.29 is 0 Å². The number of nitrogen functional groups attached to an aromatic ring is 1. The predicted molar refractivity (Wildman–Crippen MR) is 77.4 cm³/mol. The summed E-state index contributed by atoms with van der Waals surface area (Å²) in [6, 6.07) is 13.6. The lowest BCUT2D eigenvalue weighted by Gasteiger charge is -2.09. The number of halogens is 1. The van der Waals surface area contributed by atoms with Crippen molar-refractivity contribution in [2.45, 2.75) is 4.90 Å². The Kier molecular flexibility index (Phi) is 3.82. The molecule has 88 valence electrons. The maximum atomic E-state index is 5.87. The van der Waals surface area contributed by atoms with Crippen LogP contribution in [0, 0.1) is 0 Å². The quantitative estimate of drug-likeness (QED) is 0.638. The lowest BCUT2D eigenvalue weighted by atomic mass is 10.2. The van der Waals surface area contributed by atoms with Gasteiger partial charge >= 0.3 is 0 Å². The molecular formula is C13H13ClN2S. The number of nitrogens with two attached hydrogens (primary N) is 1. The maximum Gasteiger partial charge on any atom is 0.0618 e. The van der Waals surface area contributed by atoms with Crippen molar-refractivity contribution >= 4 is 40.4 Å². The molecule has 2 aromatic rings. The number of thioether (sulfide) groups is 1. The minimum absolute atomic E-state index is 0.644. The van der Waals surface area contributed by atoms with E-state index in [2.05, 4.69) is 23.7 Å². The summed E-state index contributed by atoms with van der Waals surface area (Å²) >= 11 is 7.57. The predicted octanol–water partition coefficient (Wildman–Crippen LogP) is 4.39. The zero-order chi connectivity index (χ0) is 12.3. The van der Waals surface area contributed by atoms with Crippen molar-refractivity contribution in [3.8, 4) is 0 Å². The van der Waals surface area contributed by atoms with Crippen LogP contribution in [0.3, 0.4) is 0 Å². The number of benzene rings is 2. The van der Waals surface area contributed by atoms with Crippen LogP contribution in [0.1, 0.15) is 0 Å². The normalized spacial score (nSPS) is 10.2. The summed E-state index contributed by atoms with van der Waals surface area (Å²) in [5.41, 5.74) is 8.40. The molecule has 0 heterocycles. The summed E-state index contributed by atoms with van der Waals surface area (Å²) in [6.07, 6.45) is 2.06. The molecule has 0 spiro atoms. The zero-order valence-corrected chi connectivity index (χ0v) is 11.0. The molecule has 0 fully saturated rings. The van der Waals surface area contributed by atoms with Crippen LogP contribution in [0.15, 0.2) is 47.4 Å². The van der Waals surface area contributed by atoms with E-state index in [-0.39, 0.29) is 0 Å². The molecular weight excluding hydrogens is 252 g/mol. The molecule has 4 heteroatoms. The van der Waals surface area contributed by atoms with Crippen LogP contribution in [-0.2, 0) is 0 Å². The third kappa shape index (κ3) is 3.08. The first kappa shape index (κ1) is 12.1. The average Bonchev–Trinajstić information content (AvgIpc) is 2.34. The summed E-state index contributed by atoms with van der Waals surface area (Å²) in [5.74, 6) is 0. The van der Waals surface area contributed by atoms with Gasteiger partial charge in [0.15, 0.2) is 0 Å². The molecule has 2 aromatic carbocycles. The van der Waals surface area contributed by atoms with Crippen LogP contribution in [-0.4, -0.2) is 6.26 Å². The average molecular weight is 265 g/mol. The smallest absolute Gasteiger partial charge is 0.0618 e. The molecule has 0 aromatic heterocycles. The van der Waals surface area contributed by atoms with Gasteiger partial charge in [-0.15, -0.1) is 11.8 Å². The van der Waals surface area contributed by atoms with Gasteiger partial charge in [0.05, 0.1) is 11.4 Å². The molecule has 2 rings (SSSR count). The number of anilines is 3. The molecule has 0 saturated carbocycles. The van der Waals surface area contributed by atoms with Gasteiger partial charge in [-0.2, -0.15) is 0 Å². The Balaban J connectivity index is 2.19. The molecule has 0 saturated heterocycles. The Morgan fingerprint density at radius 3 is 2.41 bits per heavy atom. The second kappa shape index (κ2) is 5.34. The molecule has 0 unspecified atom stereocenters. The van der Waals surface area contributed by atoms with Crippen molar-refractivity contribution in [1.82, 2.24) is 0 Å².